The normalized spacial score (nSPS) is 12.5. The fraction of sp³-hybridized carbons (Fsp3) is 0.190. The standard InChI is InChI=1S/C21H22N2O3S2/c1-16-9-11-18(12-10-16)28(25,26)22-14-13-20(24)23-21(19-8-5-15-27-19)17-6-3-2-4-7-17/h2-12,15,21-22H,13-14H2,1H3,(H,23,24). The Bertz CT molecular complexity index is 1000. The molecule has 0 spiro atoms. The van der Waals surface area contributed by atoms with Crippen molar-refractivity contribution < 1.29 is 13.2 Å². The molecule has 1 aromatic heterocycles. The van der Waals surface area contributed by atoms with Crippen LogP contribution in [0.15, 0.2) is 77.0 Å². The van der Waals surface area contributed by atoms with Crippen LogP contribution in [0.3, 0.4) is 0 Å². The van der Waals surface area contributed by atoms with Gasteiger partial charge in [-0.25, -0.2) is 13.1 Å². The van der Waals surface area contributed by atoms with Crippen LogP contribution in [0.5, 0.6) is 0 Å². The van der Waals surface area contributed by atoms with Crippen LogP contribution in [0.25, 0.3) is 0 Å². The molecule has 2 aromatic carbocycles. The molecule has 1 unspecified atom stereocenters. The molecule has 28 heavy (non-hydrogen) atoms. The molecular formula is C21H22N2O3S2. The molecule has 3 aromatic rings. The van der Waals surface area contributed by atoms with Gasteiger partial charge in [-0.1, -0.05) is 54.1 Å². The van der Waals surface area contributed by atoms with E-state index in [0.717, 1.165) is 16.0 Å². The van der Waals surface area contributed by atoms with Crippen LogP contribution in [-0.2, 0) is 14.8 Å². The van der Waals surface area contributed by atoms with Gasteiger partial charge in [-0.05, 0) is 36.1 Å². The highest BCUT2D eigenvalue weighted by Gasteiger charge is 2.18. The molecule has 3 rings (SSSR count). The van der Waals surface area contributed by atoms with Gasteiger partial charge in [0.25, 0.3) is 0 Å². The SMILES string of the molecule is Cc1ccc(S(=O)(=O)NCCC(=O)NC(c2ccccc2)c2cccs2)cc1. The zero-order valence-electron chi connectivity index (χ0n) is 15.5. The second-order valence-corrected chi connectivity index (χ2v) is 9.13. The highest BCUT2D eigenvalue weighted by molar-refractivity contribution is 7.89. The second kappa shape index (κ2) is 9.14. The minimum absolute atomic E-state index is 0.0357. The maximum atomic E-state index is 12.4. The van der Waals surface area contributed by atoms with E-state index in [1.165, 1.54) is 0 Å². The van der Waals surface area contributed by atoms with Gasteiger partial charge in [0.15, 0.2) is 0 Å². The van der Waals surface area contributed by atoms with Crippen LogP contribution < -0.4 is 10.0 Å². The highest BCUT2D eigenvalue weighted by atomic mass is 32.2. The molecule has 5 nitrogen and oxygen atoms in total. The number of benzene rings is 2. The van der Waals surface area contributed by atoms with E-state index in [2.05, 4.69) is 10.0 Å². The number of aryl methyl sites for hydroxylation is 1. The Hall–Kier alpha value is -2.48. The van der Waals surface area contributed by atoms with Crippen LogP contribution in [0.2, 0.25) is 0 Å². The number of rotatable bonds is 8. The second-order valence-electron chi connectivity index (χ2n) is 6.39. The highest BCUT2D eigenvalue weighted by Crippen LogP contribution is 2.25. The first-order valence-corrected chi connectivity index (χ1v) is 11.3. The van der Waals surface area contributed by atoms with Gasteiger partial charge in [-0.2, -0.15) is 0 Å². The van der Waals surface area contributed by atoms with Gasteiger partial charge in [-0.15, -0.1) is 11.3 Å². The summed E-state index contributed by atoms with van der Waals surface area (Å²) in [5, 5.41) is 4.97. The maximum Gasteiger partial charge on any atom is 0.240 e. The molecule has 7 heteroatoms. The third-order valence-corrected chi connectivity index (χ3v) is 6.66. The third-order valence-electron chi connectivity index (χ3n) is 4.24. The Morgan fingerprint density at radius 3 is 2.36 bits per heavy atom. The lowest BCUT2D eigenvalue weighted by Gasteiger charge is -2.18. The van der Waals surface area contributed by atoms with Crippen molar-refractivity contribution in [3.8, 4) is 0 Å². The topological polar surface area (TPSA) is 75.3 Å². The van der Waals surface area contributed by atoms with Gasteiger partial charge < -0.3 is 5.32 Å². The first kappa shape index (κ1) is 20.3. The summed E-state index contributed by atoms with van der Waals surface area (Å²) in [6.07, 6.45) is 0.0554. The zero-order valence-corrected chi connectivity index (χ0v) is 17.1. The van der Waals surface area contributed by atoms with Crippen molar-refractivity contribution in [3.63, 3.8) is 0 Å². The summed E-state index contributed by atoms with van der Waals surface area (Å²) >= 11 is 1.57. The Morgan fingerprint density at radius 2 is 1.71 bits per heavy atom. The van der Waals surface area contributed by atoms with E-state index in [-0.39, 0.29) is 29.8 Å². The molecule has 0 radical (unpaired) electrons. The third kappa shape index (κ3) is 5.28. The van der Waals surface area contributed by atoms with Crippen LogP contribution in [-0.4, -0.2) is 20.9 Å². The Morgan fingerprint density at radius 1 is 1.00 bits per heavy atom. The molecule has 1 atom stereocenters. The minimum Gasteiger partial charge on any atom is -0.344 e. The van der Waals surface area contributed by atoms with E-state index >= 15 is 0 Å². The van der Waals surface area contributed by atoms with Crippen LogP contribution in [0.4, 0.5) is 0 Å². The lowest BCUT2D eigenvalue weighted by molar-refractivity contribution is -0.121. The molecular weight excluding hydrogens is 392 g/mol. The molecule has 0 aliphatic rings. The Labute approximate surface area is 169 Å². The quantitative estimate of drug-likeness (QED) is 0.591. The van der Waals surface area contributed by atoms with E-state index in [1.807, 2.05) is 54.8 Å². The minimum atomic E-state index is -3.62. The summed E-state index contributed by atoms with van der Waals surface area (Å²) in [7, 11) is -3.62. The maximum absolute atomic E-state index is 12.4. The molecule has 2 N–H and O–H groups in total. The molecule has 0 saturated carbocycles. The number of carbonyl (C=O) groups excluding carboxylic acids is 1. The van der Waals surface area contributed by atoms with E-state index in [0.29, 0.717) is 0 Å². The van der Waals surface area contributed by atoms with Gasteiger partial charge in [0, 0.05) is 17.8 Å². The van der Waals surface area contributed by atoms with Crippen LogP contribution in [0, 0.1) is 6.92 Å². The number of hydrogen-bond acceptors (Lipinski definition) is 4. The summed E-state index contributed by atoms with van der Waals surface area (Å²) in [6, 6.07) is 20.0. The lowest BCUT2D eigenvalue weighted by atomic mass is 10.1. The van der Waals surface area contributed by atoms with Crippen molar-refractivity contribution in [2.45, 2.75) is 24.3 Å². The van der Waals surface area contributed by atoms with E-state index < -0.39 is 10.0 Å². The number of thiophene rings is 1. The zero-order chi connectivity index (χ0) is 20.0. The predicted octanol–water partition coefficient (Wildman–Crippen LogP) is 3.63. The fourth-order valence-electron chi connectivity index (χ4n) is 2.75. The van der Waals surface area contributed by atoms with Gasteiger partial charge in [0.2, 0.25) is 15.9 Å². The molecule has 0 saturated heterocycles. The Kier molecular flexibility index (Phi) is 6.61. The predicted molar refractivity (Wildman–Crippen MR) is 112 cm³/mol. The van der Waals surface area contributed by atoms with E-state index in [9.17, 15) is 13.2 Å². The molecule has 1 amide bonds. The van der Waals surface area contributed by atoms with Crippen molar-refractivity contribution in [3.05, 3.63) is 88.1 Å². The molecule has 1 heterocycles. The fourth-order valence-corrected chi connectivity index (χ4v) is 4.59. The average molecular weight is 415 g/mol. The number of amides is 1. The molecule has 0 fully saturated rings. The Balaban J connectivity index is 1.60. The van der Waals surface area contributed by atoms with Gasteiger partial charge >= 0.3 is 0 Å². The van der Waals surface area contributed by atoms with Gasteiger partial charge in [0.1, 0.15) is 0 Å². The monoisotopic (exact) mass is 414 g/mol. The average Bonchev–Trinajstić information content (AvgIpc) is 3.21. The van der Waals surface area contributed by atoms with Crippen molar-refractivity contribution >= 4 is 27.3 Å². The molecule has 146 valence electrons. The largest absolute Gasteiger partial charge is 0.344 e. The summed E-state index contributed by atoms with van der Waals surface area (Å²) in [5.41, 5.74) is 1.97. The molecule has 0 aliphatic heterocycles. The number of nitrogens with one attached hydrogen (secondary N) is 2. The van der Waals surface area contributed by atoms with Crippen molar-refractivity contribution in [1.82, 2.24) is 10.0 Å². The van der Waals surface area contributed by atoms with Gasteiger partial charge in [0.05, 0.1) is 10.9 Å². The molecule has 0 bridgehead atoms. The summed E-state index contributed by atoms with van der Waals surface area (Å²) in [4.78, 5) is 13.7. The van der Waals surface area contributed by atoms with Crippen molar-refractivity contribution in [2.24, 2.45) is 0 Å². The molecule has 0 aliphatic carbocycles. The van der Waals surface area contributed by atoms with Crippen LogP contribution >= 0.6 is 11.3 Å². The number of hydrogen-bond donors (Lipinski definition) is 2. The number of sulfonamides is 1. The summed E-state index contributed by atoms with van der Waals surface area (Å²) in [5.74, 6) is -0.214. The summed E-state index contributed by atoms with van der Waals surface area (Å²) in [6.45, 7) is 1.93. The number of carbonyl (C=O) groups is 1. The van der Waals surface area contributed by atoms with Gasteiger partial charge in [-0.3, -0.25) is 4.79 Å². The van der Waals surface area contributed by atoms with Crippen molar-refractivity contribution in [2.75, 3.05) is 6.54 Å². The smallest absolute Gasteiger partial charge is 0.240 e. The van der Waals surface area contributed by atoms with E-state index in [1.54, 1.807) is 35.6 Å². The lowest BCUT2D eigenvalue weighted by Crippen LogP contribution is -2.33. The van der Waals surface area contributed by atoms with Crippen LogP contribution in [0.1, 0.15) is 28.5 Å². The summed E-state index contributed by atoms with van der Waals surface area (Å²) < 4.78 is 27.1. The first-order valence-electron chi connectivity index (χ1n) is 8.90. The van der Waals surface area contributed by atoms with Crippen molar-refractivity contribution in [1.29, 1.82) is 0 Å². The van der Waals surface area contributed by atoms with E-state index in [4.69, 9.17) is 0 Å². The first-order chi connectivity index (χ1) is 13.5.